The number of amides is 1. The van der Waals surface area contributed by atoms with E-state index >= 15 is 0 Å². The third kappa shape index (κ3) is 5.04. The number of hydrogen-bond donors (Lipinski definition) is 2. The van der Waals surface area contributed by atoms with Crippen LogP contribution in [0.5, 0.6) is 0 Å². The van der Waals surface area contributed by atoms with Crippen LogP contribution in [0, 0.1) is 0 Å². The molecule has 116 valence electrons. The molecule has 1 aliphatic carbocycles. The van der Waals surface area contributed by atoms with Gasteiger partial charge in [-0.3, -0.25) is 9.69 Å². The standard InChI is InChI=1S/C15H29N3O2/c16-8-3-9-18(14-4-1-2-5-14)12-15(19)17-13-6-10-20-11-7-13/h13-14H,1-12,16H2,(H,17,19). The van der Waals surface area contributed by atoms with Crippen molar-refractivity contribution in [3.05, 3.63) is 0 Å². The zero-order valence-electron chi connectivity index (χ0n) is 12.5. The Bertz CT molecular complexity index is 287. The molecule has 2 aliphatic rings. The highest BCUT2D eigenvalue weighted by Crippen LogP contribution is 2.23. The molecule has 0 atom stereocenters. The first-order valence-electron chi connectivity index (χ1n) is 8.11. The van der Waals surface area contributed by atoms with Crippen LogP contribution >= 0.6 is 0 Å². The minimum Gasteiger partial charge on any atom is -0.381 e. The topological polar surface area (TPSA) is 67.6 Å². The van der Waals surface area contributed by atoms with Crippen molar-refractivity contribution in [3.8, 4) is 0 Å². The first-order chi connectivity index (χ1) is 9.79. The van der Waals surface area contributed by atoms with E-state index in [1.807, 2.05) is 0 Å². The highest BCUT2D eigenvalue weighted by molar-refractivity contribution is 5.78. The number of nitrogens with one attached hydrogen (secondary N) is 1. The smallest absolute Gasteiger partial charge is 0.234 e. The van der Waals surface area contributed by atoms with Crippen molar-refractivity contribution in [3.63, 3.8) is 0 Å². The van der Waals surface area contributed by atoms with Gasteiger partial charge < -0.3 is 15.8 Å². The van der Waals surface area contributed by atoms with Crippen molar-refractivity contribution < 1.29 is 9.53 Å². The van der Waals surface area contributed by atoms with Gasteiger partial charge in [0.05, 0.1) is 6.54 Å². The third-order valence-electron chi connectivity index (χ3n) is 4.42. The number of rotatable bonds is 7. The van der Waals surface area contributed by atoms with Crippen LogP contribution in [0.4, 0.5) is 0 Å². The Morgan fingerprint density at radius 1 is 1.20 bits per heavy atom. The molecule has 5 heteroatoms. The molecule has 1 aliphatic heterocycles. The molecule has 20 heavy (non-hydrogen) atoms. The molecule has 2 fully saturated rings. The van der Waals surface area contributed by atoms with Crippen LogP contribution in [0.25, 0.3) is 0 Å². The van der Waals surface area contributed by atoms with Gasteiger partial charge in [0.2, 0.25) is 5.91 Å². The molecule has 0 aromatic rings. The Balaban J connectivity index is 1.77. The lowest BCUT2D eigenvalue weighted by Crippen LogP contribution is -2.47. The molecule has 0 aromatic carbocycles. The fraction of sp³-hybridized carbons (Fsp3) is 0.933. The predicted octanol–water partition coefficient (Wildman–Crippen LogP) is 0.875. The molecule has 0 bridgehead atoms. The summed E-state index contributed by atoms with van der Waals surface area (Å²) < 4.78 is 5.32. The number of ether oxygens (including phenoxy) is 1. The maximum atomic E-state index is 12.2. The van der Waals surface area contributed by atoms with Gasteiger partial charge in [-0.2, -0.15) is 0 Å². The first-order valence-corrected chi connectivity index (χ1v) is 8.11. The largest absolute Gasteiger partial charge is 0.381 e. The van der Waals surface area contributed by atoms with E-state index in [9.17, 15) is 4.79 Å². The maximum Gasteiger partial charge on any atom is 0.234 e. The molecule has 1 amide bonds. The molecule has 3 N–H and O–H groups in total. The molecule has 1 heterocycles. The zero-order valence-corrected chi connectivity index (χ0v) is 12.5. The van der Waals surface area contributed by atoms with Crippen LogP contribution in [0.1, 0.15) is 44.9 Å². The molecule has 1 saturated carbocycles. The fourth-order valence-corrected chi connectivity index (χ4v) is 3.25. The summed E-state index contributed by atoms with van der Waals surface area (Å²) in [4.78, 5) is 14.6. The highest BCUT2D eigenvalue weighted by atomic mass is 16.5. The summed E-state index contributed by atoms with van der Waals surface area (Å²) in [7, 11) is 0. The van der Waals surface area contributed by atoms with Gasteiger partial charge in [0.1, 0.15) is 0 Å². The Morgan fingerprint density at radius 3 is 2.55 bits per heavy atom. The summed E-state index contributed by atoms with van der Waals surface area (Å²) in [5.74, 6) is 0.167. The molecular weight excluding hydrogens is 254 g/mol. The van der Waals surface area contributed by atoms with Gasteiger partial charge in [-0.25, -0.2) is 0 Å². The average Bonchev–Trinajstić information content (AvgIpc) is 2.98. The van der Waals surface area contributed by atoms with Crippen molar-refractivity contribution in [2.24, 2.45) is 5.73 Å². The SMILES string of the molecule is NCCCN(CC(=O)NC1CCOCC1)C1CCCC1. The van der Waals surface area contributed by atoms with Gasteiger partial charge in [0.15, 0.2) is 0 Å². The maximum absolute atomic E-state index is 12.2. The zero-order chi connectivity index (χ0) is 14.2. The van der Waals surface area contributed by atoms with Gasteiger partial charge in [0.25, 0.3) is 0 Å². The Morgan fingerprint density at radius 2 is 1.90 bits per heavy atom. The highest BCUT2D eigenvalue weighted by Gasteiger charge is 2.25. The van der Waals surface area contributed by atoms with Crippen LogP contribution in [0.15, 0.2) is 0 Å². The van der Waals surface area contributed by atoms with Gasteiger partial charge >= 0.3 is 0 Å². The summed E-state index contributed by atoms with van der Waals surface area (Å²) in [6.07, 6.45) is 7.91. The van der Waals surface area contributed by atoms with Gasteiger partial charge in [-0.1, -0.05) is 12.8 Å². The summed E-state index contributed by atoms with van der Waals surface area (Å²) in [5.41, 5.74) is 5.61. The fourth-order valence-electron chi connectivity index (χ4n) is 3.25. The van der Waals surface area contributed by atoms with E-state index in [-0.39, 0.29) is 5.91 Å². The molecule has 0 radical (unpaired) electrons. The lowest BCUT2D eigenvalue weighted by atomic mass is 10.1. The van der Waals surface area contributed by atoms with E-state index in [2.05, 4.69) is 10.2 Å². The molecule has 0 unspecified atom stereocenters. The first kappa shape index (κ1) is 15.7. The summed E-state index contributed by atoms with van der Waals surface area (Å²) in [6.45, 7) is 3.71. The van der Waals surface area contributed by atoms with Gasteiger partial charge in [-0.05, 0) is 38.6 Å². The number of carbonyl (C=O) groups is 1. The van der Waals surface area contributed by atoms with Crippen LogP contribution < -0.4 is 11.1 Å². The molecule has 0 aromatic heterocycles. The Labute approximate surface area is 122 Å². The lowest BCUT2D eigenvalue weighted by molar-refractivity contribution is -0.124. The van der Waals surface area contributed by atoms with E-state index < -0.39 is 0 Å². The number of nitrogens with zero attached hydrogens (tertiary/aromatic N) is 1. The van der Waals surface area contributed by atoms with E-state index in [1.165, 1.54) is 25.7 Å². The number of nitrogens with two attached hydrogens (primary N) is 1. The summed E-state index contributed by atoms with van der Waals surface area (Å²) >= 11 is 0. The van der Waals surface area contributed by atoms with Crippen molar-refractivity contribution in [2.45, 2.75) is 57.0 Å². The molecule has 1 saturated heterocycles. The van der Waals surface area contributed by atoms with Crippen molar-refractivity contribution in [2.75, 3.05) is 32.8 Å². The monoisotopic (exact) mass is 283 g/mol. The minimum atomic E-state index is 0.167. The molecule has 0 spiro atoms. The van der Waals surface area contributed by atoms with Crippen LogP contribution in [-0.2, 0) is 9.53 Å². The van der Waals surface area contributed by atoms with E-state index in [4.69, 9.17) is 10.5 Å². The van der Waals surface area contributed by atoms with E-state index in [0.29, 0.717) is 25.2 Å². The quantitative estimate of drug-likeness (QED) is 0.728. The molecule has 5 nitrogen and oxygen atoms in total. The number of hydrogen-bond acceptors (Lipinski definition) is 4. The average molecular weight is 283 g/mol. The van der Waals surface area contributed by atoms with Crippen molar-refractivity contribution >= 4 is 5.91 Å². The second-order valence-electron chi connectivity index (χ2n) is 6.01. The van der Waals surface area contributed by atoms with Crippen molar-refractivity contribution in [1.82, 2.24) is 10.2 Å². The summed E-state index contributed by atoms with van der Waals surface area (Å²) in [6, 6.07) is 0.887. The normalized spacial score (nSPS) is 21.5. The predicted molar refractivity (Wildman–Crippen MR) is 79.5 cm³/mol. The Hall–Kier alpha value is -0.650. The van der Waals surface area contributed by atoms with Crippen LogP contribution in [0.3, 0.4) is 0 Å². The van der Waals surface area contributed by atoms with Crippen molar-refractivity contribution in [1.29, 1.82) is 0 Å². The second kappa shape index (κ2) is 8.60. The van der Waals surface area contributed by atoms with Gasteiger partial charge in [0, 0.05) is 31.8 Å². The summed E-state index contributed by atoms with van der Waals surface area (Å²) in [5, 5.41) is 3.16. The molecular formula is C15H29N3O2. The van der Waals surface area contributed by atoms with Crippen LogP contribution in [0.2, 0.25) is 0 Å². The van der Waals surface area contributed by atoms with E-state index in [0.717, 1.165) is 39.0 Å². The van der Waals surface area contributed by atoms with Crippen LogP contribution in [-0.4, -0.2) is 55.7 Å². The molecule has 2 rings (SSSR count). The lowest BCUT2D eigenvalue weighted by Gasteiger charge is -2.29. The Kier molecular flexibility index (Phi) is 6.76. The van der Waals surface area contributed by atoms with E-state index in [1.54, 1.807) is 0 Å². The van der Waals surface area contributed by atoms with Gasteiger partial charge in [-0.15, -0.1) is 0 Å². The second-order valence-corrected chi connectivity index (χ2v) is 6.01. The minimum absolute atomic E-state index is 0.167. The number of carbonyl (C=O) groups excluding carboxylic acids is 1. The third-order valence-corrected chi connectivity index (χ3v) is 4.42.